The van der Waals surface area contributed by atoms with Crippen LogP contribution in [0.2, 0.25) is 0 Å². The number of amides is 2. The number of nitrogens with zero attached hydrogens (tertiary/aromatic N) is 2. The number of benzene rings is 1. The van der Waals surface area contributed by atoms with Crippen molar-refractivity contribution in [3.05, 3.63) is 35.9 Å². The fourth-order valence-electron chi connectivity index (χ4n) is 5.53. The number of hydrogen-bond acceptors (Lipinski definition) is 7. The first-order valence-electron chi connectivity index (χ1n) is 15.0. The Morgan fingerprint density at radius 3 is 2.12 bits per heavy atom. The average Bonchev–Trinajstić information content (AvgIpc) is 3.38. The first-order valence-corrected chi connectivity index (χ1v) is 15.0. The summed E-state index contributed by atoms with van der Waals surface area (Å²) < 4.78 is 16.8. The van der Waals surface area contributed by atoms with E-state index >= 15 is 0 Å². The van der Waals surface area contributed by atoms with E-state index in [1.54, 1.807) is 41.5 Å². The molecule has 228 valence electrons. The molecule has 1 saturated carbocycles. The Bertz CT molecular complexity index is 1040. The molecule has 0 bridgehead atoms. The van der Waals surface area contributed by atoms with Gasteiger partial charge in [-0.25, -0.2) is 9.59 Å². The van der Waals surface area contributed by atoms with Gasteiger partial charge in [0.05, 0.1) is 0 Å². The summed E-state index contributed by atoms with van der Waals surface area (Å²) in [6.07, 6.45) is 5.92. The summed E-state index contributed by atoms with van der Waals surface area (Å²) in [5, 5.41) is 0. The fourth-order valence-corrected chi connectivity index (χ4v) is 5.53. The van der Waals surface area contributed by atoms with Gasteiger partial charge in [-0.05, 0) is 72.3 Å². The molecular formula is C32H48N2O7. The molecule has 1 aromatic rings. The van der Waals surface area contributed by atoms with Crippen LogP contribution >= 0.6 is 0 Å². The van der Waals surface area contributed by atoms with Crippen molar-refractivity contribution < 1.29 is 33.4 Å². The molecule has 2 aliphatic rings. The van der Waals surface area contributed by atoms with Gasteiger partial charge in [0.25, 0.3) is 0 Å². The van der Waals surface area contributed by atoms with Gasteiger partial charge in [0, 0.05) is 6.54 Å². The first-order chi connectivity index (χ1) is 19.2. The Kier molecular flexibility index (Phi) is 11.2. The van der Waals surface area contributed by atoms with Crippen molar-refractivity contribution in [1.29, 1.82) is 0 Å². The lowest BCUT2D eigenvalue weighted by atomic mass is 9.84. The molecule has 2 fully saturated rings. The molecule has 0 aromatic heterocycles. The maximum Gasteiger partial charge on any atom is 0.411 e. The highest BCUT2D eigenvalue weighted by atomic mass is 16.6. The highest BCUT2D eigenvalue weighted by Gasteiger charge is 2.43. The fraction of sp³-hybridized carbons (Fsp3) is 0.688. The Morgan fingerprint density at radius 2 is 1.51 bits per heavy atom. The Hall–Kier alpha value is -3.10. The number of carbonyl (C=O) groups is 4. The number of hydrogen-bond donors (Lipinski definition) is 0. The van der Waals surface area contributed by atoms with Crippen molar-refractivity contribution in [1.82, 2.24) is 9.80 Å². The van der Waals surface area contributed by atoms with E-state index in [1.807, 2.05) is 30.3 Å². The van der Waals surface area contributed by atoms with E-state index in [1.165, 1.54) is 9.80 Å². The standard InChI is InChI=1S/C32H48N2O7/c1-31(2,3)40-27(35)21-34(30(38)41-32(4,5)6)26(20-23-14-9-7-10-15-23)28(36)33-19-13-18-25(33)29(37)39-22-24-16-11-8-12-17-24/h8,11-12,16-17,23,25-26H,7,9-10,13-15,18-22H2,1-6H3/t25-,26+/m0/s1. The molecule has 9 heteroatoms. The van der Waals surface area contributed by atoms with Crippen LogP contribution in [-0.2, 0) is 35.2 Å². The van der Waals surface area contributed by atoms with Gasteiger partial charge in [0.1, 0.15) is 36.4 Å². The zero-order valence-electron chi connectivity index (χ0n) is 25.6. The third-order valence-corrected chi connectivity index (χ3v) is 7.32. The SMILES string of the molecule is CC(C)(C)OC(=O)CN(C(=O)OC(C)(C)C)[C@H](CC1CCCCC1)C(=O)N1CCC[C@H]1C(=O)OCc1ccccc1. The Balaban J connectivity index is 1.87. The van der Waals surface area contributed by atoms with Crippen LogP contribution < -0.4 is 0 Å². The molecule has 9 nitrogen and oxygen atoms in total. The topological polar surface area (TPSA) is 102 Å². The van der Waals surface area contributed by atoms with Crippen molar-refractivity contribution >= 4 is 23.9 Å². The van der Waals surface area contributed by atoms with Crippen LogP contribution in [0.25, 0.3) is 0 Å². The zero-order valence-corrected chi connectivity index (χ0v) is 25.6. The number of ether oxygens (including phenoxy) is 3. The summed E-state index contributed by atoms with van der Waals surface area (Å²) in [6, 6.07) is 7.68. The van der Waals surface area contributed by atoms with E-state index in [2.05, 4.69) is 0 Å². The second-order valence-corrected chi connectivity index (χ2v) is 13.2. The van der Waals surface area contributed by atoms with Crippen molar-refractivity contribution in [2.45, 2.75) is 123 Å². The van der Waals surface area contributed by atoms with Gasteiger partial charge in [-0.3, -0.25) is 14.5 Å². The molecule has 1 aliphatic carbocycles. The molecular weight excluding hydrogens is 524 g/mol. The molecule has 2 atom stereocenters. The summed E-state index contributed by atoms with van der Waals surface area (Å²) >= 11 is 0. The van der Waals surface area contributed by atoms with Crippen LogP contribution in [0, 0.1) is 5.92 Å². The van der Waals surface area contributed by atoms with Crippen LogP contribution in [0.1, 0.15) is 98.5 Å². The number of likely N-dealkylation sites (tertiary alicyclic amines) is 1. The largest absolute Gasteiger partial charge is 0.459 e. The van der Waals surface area contributed by atoms with E-state index < -0.39 is 47.9 Å². The summed E-state index contributed by atoms with van der Waals surface area (Å²) in [4.78, 5) is 56.8. The second-order valence-electron chi connectivity index (χ2n) is 13.2. The third-order valence-electron chi connectivity index (χ3n) is 7.32. The molecule has 2 amide bonds. The maximum atomic E-state index is 14.3. The smallest absolute Gasteiger partial charge is 0.411 e. The highest BCUT2D eigenvalue weighted by Crippen LogP contribution is 2.31. The van der Waals surface area contributed by atoms with Crippen molar-refractivity contribution in [2.75, 3.05) is 13.1 Å². The monoisotopic (exact) mass is 572 g/mol. The quantitative estimate of drug-likeness (QED) is 0.279. The van der Waals surface area contributed by atoms with Gasteiger partial charge in [-0.2, -0.15) is 0 Å². The molecule has 1 aromatic carbocycles. The van der Waals surface area contributed by atoms with Gasteiger partial charge in [-0.15, -0.1) is 0 Å². The molecule has 1 aliphatic heterocycles. The van der Waals surface area contributed by atoms with Gasteiger partial charge in [0.2, 0.25) is 5.91 Å². The number of carbonyl (C=O) groups excluding carboxylic acids is 4. The van der Waals surface area contributed by atoms with Gasteiger partial charge in [-0.1, -0.05) is 62.4 Å². The van der Waals surface area contributed by atoms with Crippen LogP contribution in [0.15, 0.2) is 30.3 Å². The maximum absolute atomic E-state index is 14.3. The van der Waals surface area contributed by atoms with Crippen molar-refractivity contribution in [2.24, 2.45) is 5.92 Å². The van der Waals surface area contributed by atoms with Gasteiger partial charge >= 0.3 is 18.0 Å². The van der Waals surface area contributed by atoms with Crippen LogP contribution in [0.4, 0.5) is 4.79 Å². The minimum atomic E-state index is -0.969. The van der Waals surface area contributed by atoms with Crippen molar-refractivity contribution in [3.63, 3.8) is 0 Å². The normalized spacial score (nSPS) is 18.9. The summed E-state index contributed by atoms with van der Waals surface area (Å²) in [5.74, 6) is -1.23. The highest BCUT2D eigenvalue weighted by molar-refractivity contribution is 5.91. The Morgan fingerprint density at radius 1 is 0.878 bits per heavy atom. The second kappa shape index (κ2) is 14.2. The Labute approximate surface area is 244 Å². The minimum absolute atomic E-state index is 0.117. The predicted octanol–water partition coefficient (Wildman–Crippen LogP) is 5.64. The lowest BCUT2D eigenvalue weighted by molar-refractivity contribution is -0.160. The zero-order chi connectivity index (χ0) is 30.2. The van der Waals surface area contributed by atoms with Gasteiger partial charge < -0.3 is 19.1 Å². The lowest BCUT2D eigenvalue weighted by Gasteiger charge is -2.37. The average molecular weight is 573 g/mol. The summed E-state index contributed by atoms with van der Waals surface area (Å²) in [5.41, 5.74) is -0.735. The predicted molar refractivity (Wildman–Crippen MR) is 155 cm³/mol. The molecule has 0 unspecified atom stereocenters. The van der Waals surface area contributed by atoms with Crippen LogP contribution in [-0.4, -0.2) is 70.1 Å². The summed E-state index contributed by atoms with van der Waals surface area (Å²) in [6.45, 7) is 10.6. The molecule has 1 heterocycles. The minimum Gasteiger partial charge on any atom is -0.459 e. The van der Waals surface area contributed by atoms with Gasteiger partial charge in [0.15, 0.2) is 0 Å². The molecule has 0 radical (unpaired) electrons. The number of rotatable bonds is 9. The van der Waals surface area contributed by atoms with E-state index in [0.717, 1.165) is 37.7 Å². The van der Waals surface area contributed by atoms with Crippen LogP contribution in [0.3, 0.4) is 0 Å². The van der Waals surface area contributed by atoms with Crippen LogP contribution in [0.5, 0.6) is 0 Å². The van der Waals surface area contributed by atoms with Crippen molar-refractivity contribution in [3.8, 4) is 0 Å². The molecule has 41 heavy (non-hydrogen) atoms. The van der Waals surface area contributed by atoms with E-state index in [0.29, 0.717) is 25.8 Å². The lowest BCUT2D eigenvalue weighted by Crippen LogP contribution is -2.56. The van der Waals surface area contributed by atoms with E-state index in [4.69, 9.17) is 14.2 Å². The summed E-state index contributed by atoms with van der Waals surface area (Å²) in [7, 11) is 0. The molecule has 0 spiro atoms. The molecule has 3 rings (SSSR count). The van der Waals surface area contributed by atoms with E-state index in [-0.39, 0.29) is 18.4 Å². The molecule has 0 N–H and O–H groups in total. The molecule has 1 saturated heterocycles. The van der Waals surface area contributed by atoms with E-state index in [9.17, 15) is 19.2 Å². The number of esters is 2. The third kappa shape index (κ3) is 10.3. The first kappa shape index (κ1) is 32.4.